The molecule has 1 aliphatic carbocycles. The zero-order valence-electron chi connectivity index (χ0n) is 9.65. The fourth-order valence-corrected chi connectivity index (χ4v) is 2.18. The van der Waals surface area contributed by atoms with Crippen molar-refractivity contribution in [3.8, 4) is 0 Å². The third-order valence-corrected chi connectivity index (χ3v) is 3.27. The fraction of sp³-hybridized carbons (Fsp3) is 0.909. The van der Waals surface area contributed by atoms with Crippen LogP contribution in [0.4, 0.5) is 0 Å². The van der Waals surface area contributed by atoms with Gasteiger partial charge >= 0.3 is 5.97 Å². The summed E-state index contributed by atoms with van der Waals surface area (Å²) >= 11 is 0. The molecule has 88 valence electrons. The second-order valence-electron chi connectivity index (χ2n) is 4.45. The van der Waals surface area contributed by atoms with Crippen LogP contribution < -0.4 is 5.73 Å². The van der Waals surface area contributed by atoms with E-state index in [1.54, 1.807) is 0 Å². The third-order valence-electron chi connectivity index (χ3n) is 3.27. The van der Waals surface area contributed by atoms with Crippen molar-refractivity contribution in [1.29, 1.82) is 0 Å². The molecule has 2 unspecified atom stereocenters. The van der Waals surface area contributed by atoms with Crippen LogP contribution in [-0.4, -0.2) is 41.7 Å². The zero-order valence-corrected chi connectivity index (χ0v) is 9.65. The number of carboxylic acids is 1. The van der Waals surface area contributed by atoms with Crippen molar-refractivity contribution in [1.82, 2.24) is 4.90 Å². The molecule has 4 nitrogen and oxygen atoms in total. The molecule has 0 saturated heterocycles. The van der Waals surface area contributed by atoms with E-state index < -0.39 is 5.97 Å². The first-order valence-corrected chi connectivity index (χ1v) is 5.76. The molecular weight excluding hydrogens is 192 g/mol. The van der Waals surface area contributed by atoms with Gasteiger partial charge < -0.3 is 10.8 Å². The first kappa shape index (κ1) is 12.5. The topological polar surface area (TPSA) is 66.6 Å². The molecule has 0 bridgehead atoms. The Morgan fingerprint density at radius 2 is 2.20 bits per heavy atom. The number of aliphatic carboxylic acids is 1. The summed E-state index contributed by atoms with van der Waals surface area (Å²) in [4.78, 5) is 13.1. The maximum absolute atomic E-state index is 11.1. The summed E-state index contributed by atoms with van der Waals surface area (Å²) < 4.78 is 0. The van der Waals surface area contributed by atoms with Crippen LogP contribution in [0.2, 0.25) is 0 Å². The van der Waals surface area contributed by atoms with E-state index in [0.717, 1.165) is 6.42 Å². The Balaban J connectivity index is 2.59. The van der Waals surface area contributed by atoms with E-state index in [0.29, 0.717) is 18.9 Å². The minimum Gasteiger partial charge on any atom is -0.480 e. The molecule has 15 heavy (non-hydrogen) atoms. The number of rotatable bonds is 7. The van der Waals surface area contributed by atoms with Crippen LogP contribution in [0.25, 0.3) is 0 Å². The maximum Gasteiger partial charge on any atom is 0.320 e. The highest BCUT2D eigenvalue weighted by atomic mass is 16.4. The molecule has 0 aromatic rings. The Hall–Kier alpha value is -0.610. The molecule has 0 heterocycles. The number of carbonyl (C=O) groups is 1. The fourth-order valence-electron chi connectivity index (χ4n) is 2.18. The lowest BCUT2D eigenvalue weighted by atomic mass is 10.1. The first-order valence-electron chi connectivity index (χ1n) is 5.76. The maximum atomic E-state index is 11.1. The van der Waals surface area contributed by atoms with Crippen molar-refractivity contribution in [3.05, 3.63) is 0 Å². The molecule has 1 saturated carbocycles. The van der Waals surface area contributed by atoms with Crippen LogP contribution in [0.15, 0.2) is 0 Å². The predicted octanol–water partition coefficient (Wildman–Crippen LogP) is 0.909. The van der Waals surface area contributed by atoms with Gasteiger partial charge in [0.25, 0.3) is 0 Å². The average Bonchev–Trinajstić information content (AvgIpc) is 2.98. The van der Waals surface area contributed by atoms with Crippen LogP contribution in [-0.2, 0) is 4.79 Å². The molecule has 0 aliphatic heterocycles. The smallest absolute Gasteiger partial charge is 0.320 e. The van der Waals surface area contributed by atoms with Crippen molar-refractivity contribution in [2.75, 3.05) is 13.6 Å². The summed E-state index contributed by atoms with van der Waals surface area (Å²) in [6.07, 6.45) is 3.99. The molecule has 0 spiro atoms. The van der Waals surface area contributed by atoms with Crippen molar-refractivity contribution < 1.29 is 9.90 Å². The molecule has 0 aromatic carbocycles. The molecule has 2 atom stereocenters. The van der Waals surface area contributed by atoms with Crippen LogP contribution in [0, 0.1) is 5.92 Å². The highest BCUT2D eigenvalue weighted by Gasteiger charge is 2.37. The molecule has 1 rings (SSSR count). The van der Waals surface area contributed by atoms with E-state index >= 15 is 0 Å². The summed E-state index contributed by atoms with van der Waals surface area (Å²) in [5.41, 5.74) is 5.71. The molecule has 4 heteroatoms. The van der Waals surface area contributed by atoms with Crippen molar-refractivity contribution >= 4 is 5.97 Å². The summed E-state index contributed by atoms with van der Waals surface area (Å²) in [5.74, 6) is -0.0999. The van der Waals surface area contributed by atoms with Gasteiger partial charge in [-0.05, 0) is 32.2 Å². The molecule has 1 aliphatic rings. The first-order chi connectivity index (χ1) is 7.11. The van der Waals surface area contributed by atoms with E-state index in [-0.39, 0.29) is 12.1 Å². The lowest BCUT2D eigenvalue weighted by molar-refractivity contribution is -0.144. The Morgan fingerprint density at radius 3 is 2.53 bits per heavy atom. The minimum absolute atomic E-state index is 0.248. The van der Waals surface area contributed by atoms with E-state index in [9.17, 15) is 4.79 Å². The van der Waals surface area contributed by atoms with Gasteiger partial charge in [-0.2, -0.15) is 0 Å². The van der Waals surface area contributed by atoms with Gasteiger partial charge in [-0.1, -0.05) is 13.3 Å². The minimum atomic E-state index is -0.724. The van der Waals surface area contributed by atoms with Crippen LogP contribution in [0.3, 0.4) is 0 Å². The highest BCUT2D eigenvalue weighted by Crippen LogP contribution is 2.35. The number of nitrogens with zero attached hydrogens (tertiary/aromatic N) is 1. The SMILES string of the molecule is CCCC(C(=O)O)N(C)C(CN)C1CC1. The Kier molecular flexibility index (Phi) is 4.54. The van der Waals surface area contributed by atoms with E-state index in [2.05, 4.69) is 0 Å². The predicted molar refractivity (Wildman–Crippen MR) is 59.7 cm³/mol. The normalized spacial score (nSPS) is 20.3. The molecule has 0 radical (unpaired) electrons. The van der Waals surface area contributed by atoms with Gasteiger partial charge in [0.1, 0.15) is 6.04 Å². The zero-order chi connectivity index (χ0) is 11.4. The van der Waals surface area contributed by atoms with Gasteiger partial charge in [0.15, 0.2) is 0 Å². The van der Waals surface area contributed by atoms with Crippen molar-refractivity contribution in [3.63, 3.8) is 0 Å². The summed E-state index contributed by atoms with van der Waals surface area (Å²) in [5, 5.41) is 9.14. The lowest BCUT2D eigenvalue weighted by Crippen LogP contribution is -2.48. The molecule has 1 fully saturated rings. The number of likely N-dealkylation sites (N-methyl/N-ethyl adjacent to an activating group) is 1. The van der Waals surface area contributed by atoms with Gasteiger partial charge in [0.2, 0.25) is 0 Å². The number of hydrogen-bond acceptors (Lipinski definition) is 3. The van der Waals surface area contributed by atoms with Crippen molar-refractivity contribution in [2.24, 2.45) is 11.7 Å². The van der Waals surface area contributed by atoms with Gasteiger partial charge in [-0.3, -0.25) is 9.69 Å². The van der Waals surface area contributed by atoms with Crippen molar-refractivity contribution in [2.45, 2.75) is 44.7 Å². The Labute approximate surface area is 91.4 Å². The Morgan fingerprint density at radius 1 is 1.60 bits per heavy atom. The molecule has 0 amide bonds. The van der Waals surface area contributed by atoms with Crippen LogP contribution in [0.5, 0.6) is 0 Å². The second kappa shape index (κ2) is 5.47. The summed E-state index contributed by atoms with van der Waals surface area (Å²) in [7, 11) is 1.89. The quantitative estimate of drug-likeness (QED) is 0.661. The van der Waals surface area contributed by atoms with Crippen LogP contribution in [0.1, 0.15) is 32.6 Å². The lowest BCUT2D eigenvalue weighted by Gasteiger charge is -2.32. The number of hydrogen-bond donors (Lipinski definition) is 2. The van der Waals surface area contributed by atoms with E-state index in [4.69, 9.17) is 10.8 Å². The van der Waals surface area contributed by atoms with E-state index in [1.165, 1.54) is 12.8 Å². The highest BCUT2D eigenvalue weighted by molar-refractivity contribution is 5.73. The third kappa shape index (κ3) is 3.18. The number of nitrogens with two attached hydrogens (primary N) is 1. The summed E-state index contributed by atoms with van der Waals surface area (Å²) in [6.45, 7) is 2.58. The molecule has 3 N–H and O–H groups in total. The van der Waals surface area contributed by atoms with E-state index in [1.807, 2.05) is 18.9 Å². The molecule has 0 aromatic heterocycles. The summed E-state index contributed by atoms with van der Waals surface area (Å²) in [6, 6.07) is -0.123. The van der Waals surface area contributed by atoms with Gasteiger partial charge in [-0.15, -0.1) is 0 Å². The Bertz CT molecular complexity index is 217. The van der Waals surface area contributed by atoms with Gasteiger partial charge in [-0.25, -0.2) is 0 Å². The second-order valence-corrected chi connectivity index (χ2v) is 4.45. The average molecular weight is 214 g/mol. The molecular formula is C11H22N2O2. The largest absolute Gasteiger partial charge is 0.480 e. The number of carboxylic acid groups (broad SMARTS) is 1. The standard InChI is InChI=1S/C11H22N2O2/c1-3-4-9(11(14)15)13(2)10(7-12)8-5-6-8/h8-10H,3-7,12H2,1-2H3,(H,14,15). The van der Waals surface area contributed by atoms with Gasteiger partial charge in [0, 0.05) is 12.6 Å². The van der Waals surface area contributed by atoms with Gasteiger partial charge in [0.05, 0.1) is 0 Å². The monoisotopic (exact) mass is 214 g/mol. The van der Waals surface area contributed by atoms with Crippen LogP contribution >= 0.6 is 0 Å².